The topological polar surface area (TPSA) is 75.6 Å². The highest BCUT2D eigenvalue weighted by atomic mass is 16.5. The van der Waals surface area contributed by atoms with Crippen LogP contribution in [0.25, 0.3) is 0 Å². The number of ether oxygens (including phenoxy) is 1. The predicted octanol–water partition coefficient (Wildman–Crippen LogP) is 2.14. The number of hydrogen-bond acceptors (Lipinski definition) is 3. The van der Waals surface area contributed by atoms with Gasteiger partial charge in [-0.2, -0.15) is 0 Å². The lowest BCUT2D eigenvalue weighted by atomic mass is 9.86. The van der Waals surface area contributed by atoms with Crippen LogP contribution in [0.2, 0.25) is 0 Å². The number of hydrogen-bond donors (Lipinski definition) is 2. The van der Waals surface area contributed by atoms with Crippen LogP contribution in [0.3, 0.4) is 0 Å². The molecule has 0 bridgehead atoms. The van der Waals surface area contributed by atoms with Gasteiger partial charge in [0.25, 0.3) is 5.91 Å². The van der Waals surface area contributed by atoms with E-state index in [9.17, 15) is 14.7 Å². The third-order valence-electron chi connectivity index (χ3n) is 4.00. The molecule has 2 rings (SSSR count). The first kappa shape index (κ1) is 15.4. The van der Waals surface area contributed by atoms with Gasteiger partial charge in [-0.05, 0) is 37.5 Å². The largest absolute Gasteiger partial charge is 0.484 e. The van der Waals surface area contributed by atoms with Gasteiger partial charge in [0.1, 0.15) is 5.75 Å². The third-order valence-corrected chi connectivity index (χ3v) is 4.00. The van der Waals surface area contributed by atoms with Crippen molar-refractivity contribution < 1.29 is 19.4 Å². The van der Waals surface area contributed by atoms with Gasteiger partial charge in [0.15, 0.2) is 6.61 Å². The van der Waals surface area contributed by atoms with Gasteiger partial charge in [0, 0.05) is 6.54 Å². The Morgan fingerprint density at radius 2 is 2.05 bits per heavy atom. The van der Waals surface area contributed by atoms with Crippen molar-refractivity contribution in [1.29, 1.82) is 0 Å². The average molecular weight is 291 g/mol. The molecule has 1 saturated carbocycles. The van der Waals surface area contributed by atoms with Crippen LogP contribution in [-0.2, 0) is 9.59 Å². The molecule has 1 amide bonds. The zero-order valence-corrected chi connectivity index (χ0v) is 12.2. The Morgan fingerprint density at radius 1 is 1.33 bits per heavy atom. The normalized spacial score (nSPS) is 16.4. The second-order valence-corrected chi connectivity index (χ2v) is 5.67. The average Bonchev–Trinajstić information content (AvgIpc) is 2.93. The maximum Gasteiger partial charge on any atom is 0.311 e. The van der Waals surface area contributed by atoms with E-state index in [1.54, 1.807) is 6.07 Å². The van der Waals surface area contributed by atoms with Crippen molar-refractivity contribution in [3.05, 3.63) is 29.8 Å². The Hall–Kier alpha value is -2.04. The van der Waals surface area contributed by atoms with E-state index < -0.39 is 11.4 Å². The molecule has 21 heavy (non-hydrogen) atoms. The molecule has 5 nitrogen and oxygen atoms in total. The van der Waals surface area contributed by atoms with E-state index in [-0.39, 0.29) is 19.1 Å². The van der Waals surface area contributed by atoms with Crippen molar-refractivity contribution >= 4 is 11.9 Å². The van der Waals surface area contributed by atoms with Gasteiger partial charge in [-0.15, -0.1) is 0 Å². The molecule has 0 unspecified atom stereocenters. The van der Waals surface area contributed by atoms with Gasteiger partial charge in [0.05, 0.1) is 5.41 Å². The van der Waals surface area contributed by atoms with Crippen molar-refractivity contribution in [1.82, 2.24) is 5.32 Å². The van der Waals surface area contributed by atoms with E-state index in [0.29, 0.717) is 18.6 Å². The van der Waals surface area contributed by atoms with E-state index in [4.69, 9.17) is 4.74 Å². The lowest BCUT2D eigenvalue weighted by Crippen LogP contribution is -2.42. The molecule has 0 heterocycles. The number of carbonyl (C=O) groups is 2. The molecule has 1 aromatic carbocycles. The molecule has 0 aromatic heterocycles. The zero-order valence-electron chi connectivity index (χ0n) is 12.2. The Labute approximate surface area is 124 Å². The molecule has 1 aliphatic rings. The number of carboxylic acids is 1. The second kappa shape index (κ2) is 6.61. The predicted molar refractivity (Wildman–Crippen MR) is 78.2 cm³/mol. The van der Waals surface area contributed by atoms with Crippen molar-refractivity contribution in [2.75, 3.05) is 13.2 Å². The van der Waals surface area contributed by atoms with Crippen molar-refractivity contribution in [2.45, 2.75) is 32.6 Å². The van der Waals surface area contributed by atoms with Crippen LogP contribution in [0.4, 0.5) is 0 Å². The van der Waals surface area contributed by atoms with Crippen molar-refractivity contribution in [3.8, 4) is 5.75 Å². The molecule has 1 aliphatic carbocycles. The highest BCUT2D eigenvalue weighted by Gasteiger charge is 2.41. The fourth-order valence-corrected chi connectivity index (χ4v) is 2.69. The maximum atomic E-state index is 11.8. The summed E-state index contributed by atoms with van der Waals surface area (Å²) < 4.78 is 5.40. The number of aliphatic carboxylic acids is 1. The zero-order chi connectivity index (χ0) is 15.3. The number of aryl methyl sites for hydroxylation is 1. The summed E-state index contributed by atoms with van der Waals surface area (Å²) in [6.45, 7) is 2.03. The van der Waals surface area contributed by atoms with Crippen LogP contribution in [0.5, 0.6) is 5.75 Å². The number of amides is 1. The summed E-state index contributed by atoms with van der Waals surface area (Å²) in [6.07, 6.45) is 3.06. The standard InChI is InChI=1S/C16H21NO4/c1-12-5-4-6-13(9-12)21-10-14(18)17-11-16(15(19)20)7-2-3-8-16/h4-6,9H,2-3,7-8,10-11H2,1H3,(H,17,18)(H,19,20). The summed E-state index contributed by atoms with van der Waals surface area (Å²) in [7, 11) is 0. The summed E-state index contributed by atoms with van der Waals surface area (Å²) in [5.74, 6) is -0.470. The molecule has 0 radical (unpaired) electrons. The first-order valence-electron chi connectivity index (χ1n) is 7.21. The molecular weight excluding hydrogens is 270 g/mol. The summed E-state index contributed by atoms with van der Waals surface area (Å²) in [5, 5.41) is 12.0. The lowest BCUT2D eigenvalue weighted by Gasteiger charge is -2.23. The van der Waals surface area contributed by atoms with Crippen molar-refractivity contribution in [2.24, 2.45) is 5.41 Å². The SMILES string of the molecule is Cc1cccc(OCC(=O)NCC2(C(=O)O)CCCC2)c1. The summed E-state index contributed by atoms with van der Waals surface area (Å²) in [5.41, 5.74) is 0.266. The van der Waals surface area contributed by atoms with Gasteiger partial charge in [0.2, 0.25) is 0 Å². The molecule has 0 saturated heterocycles. The summed E-state index contributed by atoms with van der Waals surface area (Å²) in [6, 6.07) is 7.45. The molecule has 0 atom stereocenters. The van der Waals surface area contributed by atoms with E-state index >= 15 is 0 Å². The number of benzene rings is 1. The Balaban J connectivity index is 1.81. The monoisotopic (exact) mass is 291 g/mol. The van der Waals surface area contributed by atoms with Crippen LogP contribution in [-0.4, -0.2) is 30.1 Å². The summed E-state index contributed by atoms with van der Waals surface area (Å²) in [4.78, 5) is 23.2. The molecule has 0 aliphatic heterocycles. The smallest absolute Gasteiger partial charge is 0.311 e. The van der Waals surface area contributed by atoms with Crippen LogP contribution >= 0.6 is 0 Å². The van der Waals surface area contributed by atoms with Gasteiger partial charge in [-0.1, -0.05) is 25.0 Å². The first-order chi connectivity index (χ1) is 10.0. The minimum Gasteiger partial charge on any atom is -0.484 e. The van der Waals surface area contributed by atoms with Crippen LogP contribution < -0.4 is 10.1 Å². The second-order valence-electron chi connectivity index (χ2n) is 5.67. The highest BCUT2D eigenvalue weighted by Crippen LogP contribution is 2.37. The van der Waals surface area contributed by atoms with Gasteiger partial charge >= 0.3 is 5.97 Å². The third kappa shape index (κ3) is 3.97. The quantitative estimate of drug-likeness (QED) is 0.842. The molecule has 5 heteroatoms. The molecule has 1 aromatic rings. The van der Waals surface area contributed by atoms with E-state index in [2.05, 4.69) is 5.32 Å². The molecule has 114 valence electrons. The van der Waals surface area contributed by atoms with E-state index in [1.807, 2.05) is 25.1 Å². The molecule has 1 fully saturated rings. The minimum atomic E-state index is -0.820. The number of nitrogens with one attached hydrogen (secondary N) is 1. The number of carboxylic acid groups (broad SMARTS) is 1. The number of rotatable bonds is 6. The van der Waals surface area contributed by atoms with E-state index in [0.717, 1.165) is 18.4 Å². The Morgan fingerprint density at radius 3 is 2.67 bits per heavy atom. The maximum absolute atomic E-state index is 11.8. The Kier molecular flexibility index (Phi) is 4.83. The van der Waals surface area contributed by atoms with Crippen molar-refractivity contribution in [3.63, 3.8) is 0 Å². The Bertz CT molecular complexity index is 521. The molecule has 0 spiro atoms. The van der Waals surface area contributed by atoms with Crippen LogP contribution in [0.15, 0.2) is 24.3 Å². The lowest BCUT2D eigenvalue weighted by molar-refractivity contribution is -0.148. The first-order valence-corrected chi connectivity index (χ1v) is 7.21. The fraction of sp³-hybridized carbons (Fsp3) is 0.500. The molecular formula is C16H21NO4. The number of carbonyl (C=O) groups excluding carboxylic acids is 1. The highest BCUT2D eigenvalue weighted by molar-refractivity contribution is 5.80. The molecule has 2 N–H and O–H groups in total. The van der Waals surface area contributed by atoms with Gasteiger partial charge < -0.3 is 15.2 Å². The summed E-state index contributed by atoms with van der Waals surface area (Å²) >= 11 is 0. The fourth-order valence-electron chi connectivity index (χ4n) is 2.69. The minimum absolute atomic E-state index is 0.0981. The van der Waals surface area contributed by atoms with E-state index in [1.165, 1.54) is 0 Å². The van der Waals surface area contributed by atoms with Gasteiger partial charge in [-0.3, -0.25) is 9.59 Å². The van der Waals surface area contributed by atoms with Crippen LogP contribution in [0, 0.1) is 12.3 Å². The van der Waals surface area contributed by atoms with Gasteiger partial charge in [-0.25, -0.2) is 0 Å². The van der Waals surface area contributed by atoms with Crippen LogP contribution in [0.1, 0.15) is 31.2 Å².